The molecule has 0 spiro atoms. The Morgan fingerprint density at radius 1 is 0.971 bits per heavy atom. The molecule has 12 nitrogen and oxygen atoms in total. The predicted molar refractivity (Wildman–Crippen MR) is 124 cm³/mol. The van der Waals surface area contributed by atoms with Gasteiger partial charge in [0.2, 0.25) is 5.91 Å². The van der Waals surface area contributed by atoms with Crippen LogP contribution in [0.15, 0.2) is 20.7 Å². The van der Waals surface area contributed by atoms with Gasteiger partial charge in [0.05, 0.1) is 6.33 Å². The van der Waals surface area contributed by atoms with Crippen LogP contribution in [-0.2, 0) is 32.5 Å². The van der Waals surface area contributed by atoms with E-state index in [1.165, 1.54) is 27.2 Å². The first kappa shape index (κ1) is 22.4. The largest absolute Gasteiger partial charge is 0.345 e. The van der Waals surface area contributed by atoms with E-state index in [0.29, 0.717) is 13.1 Å². The van der Waals surface area contributed by atoms with Crippen LogP contribution in [0.4, 0.5) is 0 Å². The van der Waals surface area contributed by atoms with Crippen molar-refractivity contribution >= 4 is 17.1 Å². The van der Waals surface area contributed by atoms with Crippen molar-refractivity contribution in [3.05, 3.63) is 43.5 Å². The Hall–Kier alpha value is -3.44. The molecule has 1 amide bonds. The van der Waals surface area contributed by atoms with Crippen molar-refractivity contribution in [3.8, 4) is 0 Å². The van der Waals surface area contributed by atoms with Crippen molar-refractivity contribution < 1.29 is 4.79 Å². The Bertz CT molecular complexity index is 1420. The number of aryl methyl sites for hydroxylation is 2. The Morgan fingerprint density at radius 3 is 2.32 bits per heavy atom. The van der Waals surface area contributed by atoms with Gasteiger partial charge in [-0.25, -0.2) is 19.3 Å². The van der Waals surface area contributed by atoms with Gasteiger partial charge in [-0.3, -0.25) is 23.3 Å². The molecule has 1 saturated carbocycles. The van der Waals surface area contributed by atoms with E-state index in [-0.39, 0.29) is 41.3 Å². The minimum atomic E-state index is -0.470. The van der Waals surface area contributed by atoms with E-state index in [1.54, 1.807) is 19.0 Å². The van der Waals surface area contributed by atoms with E-state index >= 15 is 0 Å². The first-order valence-electron chi connectivity index (χ1n) is 11.8. The van der Waals surface area contributed by atoms with Crippen LogP contribution in [0.3, 0.4) is 0 Å². The summed E-state index contributed by atoms with van der Waals surface area (Å²) in [5, 5.41) is 4.56. The van der Waals surface area contributed by atoms with E-state index in [1.807, 2.05) is 4.57 Å². The molecule has 1 aliphatic heterocycles. The quantitative estimate of drug-likeness (QED) is 0.523. The second kappa shape index (κ2) is 8.41. The SMILES string of the molecule is Cn1nc(C2CCN(C(=O)Cn3cnc4c3c(=O)n(C)c(=O)n4C)CC2)n(C2CCCC2)c1=O. The Labute approximate surface area is 195 Å². The number of rotatable bonds is 4. The third kappa shape index (κ3) is 3.51. The second-order valence-corrected chi connectivity index (χ2v) is 9.48. The van der Waals surface area contributed by atoms with Crippen LogP contribution in [0, 0.1) is 0 Å². The molecule has 34 heavy (non-hydrogen) atoms. The smallest absolute Gasteiger partial charge is 0.341 e. The first-order valence-corrected chi connectivity index (χ1v) is 11.8. The highest BCUT2D eigenvalue weighted by Gasteiger charge is 2.31. The van der Waals surface area contributed by atoms with E-state index < -0.39 is 11.2 Å². The number of imidazole rings is 1. The number of fused-ring (bicyclic) bond motifs is 1. The van der Waals surface area contributed by atoms with Crippen molar-refractivity contribution in [3.63, 3.8) is 0 Å². The van der Waals surface area contributed by atoms with Crippen molar-refractivity contribution in [2.45, 2.75) is 57.0 Å². The summed E-state index contributed by atoms with van der Waals surface area (Å²) < 4.78 is 7.17. The average molecular weight is 471 g/mol. The lowest BCUT2D eigenvalue weighted by molar-refractivity contribution is -0.132. The van der Waals surface area contributed by atoms with Gasteiger partial charge in [-0.1, -0.05) is 12.8 Å². The summed E-state index contributed by atoms with van der Waals surface area (Å²) in [4.78, 5) is 56.5. The molecule has 5 rings (SSSR count). The van der Waals surface area contributed by atoms with Gasteiger partial charge in [-0.2, -0.15) is 5.10 Å². The van der Waals surface area contributed by atoms with Gasteiger partial charge in [0.25, 0.3) is 5.56 Å². The summed E-state index contributed by atoms with van der Waals surface area (Å²) >= 11 is 0. The summed E-state index contributed by atoms with van der Waals surface area (Å²) in [7, 11) is 4.67. The summed E-state index contributed by atoms with van der Waals surface area (Å²) in [6.45, 7) is 1.09. The van der Waals surface area contributed by atoms with Gasteiger partial charge in [0.1, 0.15) is 12.4 Å². The molecule has 2 aliphatic rings. The zero-order valence-electron chi connectivity index (χ0n) is 19.8. The highest BCUT2D eigenvalue weighted by Crippen LogP contribution is 2.33. The van der Waals surface area contributed by atoms with Crippen LogP contribution in [0.25, 0.3) is 11.2 Å². The number of carbonyl (C=O) groups excluding carboxylic acids is 1. The second-order valence-electron chi connectivity index (χ2n) is 9.48. The molecule has 1 aliphatic carbocycles. The maximum atomic E-state index is 13.1. The maximum Gasteiger partial charge on any atom is 0.345 e. The topological polar surface area (TPSA) is 122 Å². The molecule has 0 aromatic carbocycles. The Balaban J connectivity index is 1.32. The molecule has 0 N–H and O–H groups in total. The molecule has 1 saturated heterocycles. The molecule has 3 aromatic rings. The van der Waals surface area contributed by atoms with Crippen molar-refractivity contribution in [1.29, 1.82) is 0 Å². The predicted octanol–water partition coefficient (Wildman–Crippen LogP) is -0.150. The molecule has 3 aromatic heterocycles. The van der Waals surface area contributed by atoms with Crippen molar-refractivity contribution in [2.75, 3.05) is 13.1 Å². The van der Waals surface area contributed by atoms with Crippen LogP contribution < -0.4 is 16.9 Å². The molecule has 0 atom stereocenters. The number of aromatic nitrogens is 7. The lowest BCUT2D eigenvalue weighted by Crippen LogP contribution is -2.41. The lowest BCUT2D eigenvalue weighted by atomic mass is 9.95. The zero-order valence-corrected chi connectivity index (χ0v) is 19.8. The summed E-state index contributed by atoms with van der Waals surface area (Å²) in [5.41, 5.74) is -0.478. The van der Waals surface area contributed by atoms with E-state index in [0.717, 1.165) is 48.9 Å². The molecule has 12 heteroatoms. The molecule has 182 valence electrons. The van der Waals surface area contributed by atoms with E-state index in [4.69, 9.17) is 0 Å². The van der Waals surface area contributed by atoms with Crippen molar-refractivity contribution in [1.82, 2.24) is 37.9 Å². The standard InChI is InChI=1S/C22H30N8O4/c1-25-19-17(20(32)26(2)21(25)33)29(13-23-19)12-16(31)28-10-8-14(9-11-28)18-24-27(3)22(34)30(18)15-6-4-5-7-15/h13-15H,4-12H2,1-3H3. The summed E-state index contributed by atoms with van der Waals surface area (Å²) in [5.74, 6) is 0.869. The van der Waals surface area contributed by atoms with Gasteiger partial charge < -0.3 is 9.47 Å². The van der Waals surface area contributed by atoms with Gasteiger partial charge in [0.15, 0.2) is 11.2 Å². The molecule has 0 radical (unpaired) electrons. The number of hydrogen-bond acceptors (Lipinski definition) is 6. The molecule has 4 heterocycles. The lowest BCUT2D eigenvalue weighted by Gasteiger charge is -2.32. The van der Waals surface area contributed by atoms with E-state index in [2.05, 4.69) is 10.1 Å². The average Bonchev–Trinajstić information content (AvgIpc) is 3.57. The fraction of sp³-hybridized carbons (Fsp3) is 0.636. The van der Waals surface area contributed by atoms with Gasteiger partial charge in [-0.05, 0) is 25.7 Å². The van der Waals surface area contributed by atoms with Crippen LogP contribution in [0.1, 0.15) is 56.3 Å². The Morgan fingerprint density at radius 2 is 1.65 bits per heavy atom. The molecule has 0 bridgehead atoms. The molecule has 2 fully saturated rings. The van der Waals surface area contributed by atoms with Crippen LogP contribution in [0.2, 0.25) is 0 Å². The number of hydrogen-bond donors (Lipinski definition) is 0. The minimum absolute atomic E-state index is 0.0228. The van der Waals surface area contributed by atoms with Crippen LogP contribution >= 0.6 is 0 Å². The summed E-state index contributed by atoms with van der Waals surface area (Å²) in [6, 6.07) is 0.226. The number of amides is 1. The highest BCUT2D eigenvalue weighted by atomic mass is 16.2. The maximum absolute atomic E-state index is 13.1. The Kier molecular flexibility index (Phi) is 5.53. The van der Waals surface area contributed by atoms with Gasteiger partial charge in [-0.15, -0.1) is 0 Å². The number of likely N-dealkylation sites (tertiary alicyclic amines) is 1. The number of piperidine rings is 1. The summed E-state index contributed by atoms with van der Waals surface area (Å²) in [6.07, 6.45) is 7.20. The normalized spacial score (nSPS) is 17.8. The van der Waals surface area contributed by atoms with Crippen molar-refractivity contribution in [2.24, 2.45) is 21.1 Å². The van der Waals surface area contributed by atoms with Crippen LogP contribution in [-0.4, -0.2) is 56.9 Å². The van der Waals surface area contributed by atoms with Gasteiger partial charge >= 0.3 is 11.4 Å². The van der Waals surface area contributed by atoms with Gasteiger partial charge in [0, 0.05) is 46.2 Å². The van der Waals surface area contributed by atoms with Crippen LogP contribution in [0.5, 0.6) is 0 Å². The number of nitrogens with zero attached hydrogens (tertiary/aromatic N) is 8. The first-order chi connectivity index (χ1) is 16.3. The monoisotopic (exact) mass is 470 g/mol. The minimum Gasteiger partial charge on any atom is -0.341 e. The molecular weight excluding hydrogens is 440 g/mol. The molecular formula is C22H30N8O4. The fourth-order valence-corrected chi connectivity index (χ4v) is 5.43. The third-order valence-corrected chi connectivity index (χ3v) is 7.41. The zero-order chi connectivity index (χ0) is 24.1. The number of carbonyl (C=O) groups is 1. The molecule has 0 unspecified atom stereocenters. The highest BCUT2D eigenvalue weighted by molar-refractivity contribution is 5.79. The fourth-order valence-electron chi connectivity index (χ4n) is 5.43. The third-order valence-electron chi connectivity index (χ3n) is 7.41. The van der Waals surface area contributed by atoms with E-state index in [9.17, 15) is 19.2 Å².